The Morgan fingerprint density at radius 2 is 1.31 bits per heavy atom. The van der Waals surface area contributed by atoms with Crippen LogP contribution in [0.2, 0.25) is 0 Å². The van der Waals surface area contributed by atoms with Crippen molar-refractivity contribution in [3.63, 3.8) is 0 Å². The lowest BCUT2D eigenvalue weighted by Gasteiger charge is -2.31. The topological polar surface area (TPSA) is 147 Å². The van der Waals surface area contributed by atoms with Crippen molar-refractivity contribution >= 4 is 20.2 Å². The third-order valence-electron chi connectivity index (χ3n) is 1.32. The van der Waals surface area contributed by atoms with E-state index in [1.165, 1.54) is 0 Å². The molecule has 1 saturated heterocycles. The van der Waals surface area contributed by atoms with Gasteiger partial charge in [-0.3, -0.25) is 9.11 Å². The molecule has 5 N–H and O–H groups in total. The fourth-order valence-corrected chi connectivity index (χ4v) is 0.490. The molecule has 0 aromatic heterocycles. The molecule has 0 bridgehead atoms. The van der Waals surface area contributed by atoms with E-state index in [1.807, 2.05) is 0 Å². The van der Waals surface area contributed by atoms with E-state index in [0.717, 1.165) is 6.54 Å². The van der Waals surface area contributed by atoms with E-state index in [-0.39, 0.29) is 0 Å². The van der Waals surface area contributed by atoms with E-state index in [4.69, 9.17) is 14.8 Å². The third-order valence-corrected chi connectivity index (χ3v) is 1.32. The maximum Gasteiger partial charge on any atom is 0.261 e. The highest BCUT2D eigenvalue weighted by Gasteiger charge is 2.20. The zero-order valence-corrected chi connectivity index (χ0v) is 10.9. The Bertz CT molecular complexity index is 322. The van der Waals surface area contributed by atoms with Crippen LogP contribution >= 0.6 is 0 Å². The lowest BCUT2D eigenvalue weighted by atomic mass is 10.0. The molecular weight excluding hydrogens is 260 g/mol. The molecule has 0 saturated carbocycles. The molecule has 0 unspecified atom stereocenters. The summed E-state index contributed by atoms with van der Waals surface area (Å²) in [4.78, 5) is 0. The van der Waals surface area contributed by atoms with Crippen LogP contribution in [0.4, 0.5) is 0 Å². The first kappa shape index (κ1) is 18.1. The van der Waals surface area contributed by atoms with Gasteiger partial charge in [-0.2, -0.15) is 16.8 Å². The molecule has 0 radical (unpaired) electrons. The molecule has 0 aromatic carbocycles. The first-order chi connectivity index (χ1) is 6.80. The van der Waals surface area contributed by atoms with E-state index in [0.29, 0.717) is 24.6 Å². The van der Waals surface area contributed by atoms with E-state index >= 15 is 0 Å². The minimum Gasteiger partial charge on any atom is -0.325 e. The summed E-state index contributed by atoms with van der Waals surface area (Å²) in [5, 5.41) is 3.13. The molecule has 8 nitrogen and oxygen atoms in total. The summed E-state index contributed by atoms with van der Waals surface area (Å²) in [7, 11) is -7.33. The van der Waals surface area contributed by atoms with Crippen molar-refractivity contribution in [1.29, 1.82) is 0 Å². The highest BCUT2D eigenvalue weighted by atomic mass is 32.2. The second kappa shape index (κ2) is 7.14. The van der Waals surface area contributed by atoms with Gasteiger partial charge in [0, 0.05) is 18.6 Å². The Kier molecular flexibility index (Phi) is 8.09. The van der Waals surface area contributed by atoms with Gasteiger partial charge in [0.25, 0.3) is 20.2 Å². The molecule has 10 heteroatoms. The first-order valence-electron chi connectivity index (χ1n) is 4.14. The van der Waals surface area contributed by atoms with E-state index in [9.17, 15) is 16.8 Å². The van der Waals surface area contributed by atoms with Crippen molar-refractivity contribution in [3.05, 3.63) is 0 Å². The molecule has 0 aromatic rings. The lowest BCUT2D eigenvalue weighted by molar-refractivity contribution is 0.335. The number of hydrogen-bond acceptors (Lipinski definition) is 6. The molecular formula is C6H18N2O6S2. The monoisotopic (exact) mass is 278 g/mol. The Morgan fingerprint density at radius 1 is 1.12 bits per heavy atom. The molecule has 1 aliphatic heterocycles. The summed E-state index contributed by atoms with van der Waals surface area (Å²) < 4.78 is 51.7. The van der Waals surface area contributed by atoms with E-state index in [1.54, 1.807) is 0 Å². The number of rotatable bonds is 0. The predicted octanol–water partition coefficient (Wildman–Crippen LogP) is -1.69. The predicted molar refractivity (Wildman–Crippen MR) is 60.4 cm³/mol. The molecule has 1 heterocycles. The van der Waals surface area contributed by atoms with Gasteiger partial charge in [0.05, 0.1) is 12.5 Å². The zero-order valence-electron chi connectivity index (χ0n) is 9.28. The normalized spacial score (nSPS) is 24.1. The molecule has 1 fully saturated rings. The van der Waals surface area contributed by atoms with E-state index < -0.39 is 20.2 Å². The zero-order chi connectivity index (χ0) is 13.6. The summed E-state index contributed by atoms with van der Waals surface area (Å²) in [5.41, 5.74) is 5.46. The van der Waals surface area contributed by atoms with Gasteiger partial charge < -0.3 is 11.1 Å². The summed E-state index contributed by atoms with van der Waals surface area (Å²) in [6.07, 6.45) is 1.43. The Labute approximate surface area is 95.7 Å². The Hall–Kier alpha value is -0.260. The smallest absolute Gasteiger partial charge is 0.261 e. The summed E-state index contributed by atoms with van der Waals surface area (Å²) in [5.74, 6) is 0. The quantitative estimate of drug-likeness (QED) is 0.384. The van der Waals surface area contributed by atoms with Crippen LogP contribution in [0.3, 0.4) is 0 Å². The van der Waals surface area contributed by atoms with Crippen LogP contribution in [0.5, 0.6) is 0 Å². The lowest BCUT2D eigenvalue weighted by Crippen LogP contribution is -2.60. The SMILES string of the molecule is CS(=O)(=O)O.CS(=O)(=O)O.C[C@@H]1NC[C@H]1N. The molecule has 16 heavy (non-hydrogen) atoms. The molecule has 1 aliphatic rings. The van der Waals surface area contributed by atoms with Crippen molar-refractivity contribution in [1.82, 2.24) is 5.32 Å². The third kappa shape index (κ3) is 29.2. The van der Waals surface area contributed by atoms with Gasteiger partial charge in [-0.15, -0.1) is 0 Å². The molecule has 0 aliphatic carbocycles. The maximum absolute atomic E-state index is 9.19. The fourth-order valence-electron chi connectivity index (χ4n) is 0.490. The van der Waals surface area contributed by atoms with Crippen molar-refractivity contribution in [2.24, 2.45) is 5.73 Å². The van der Waals surface area contributed by atoms with Crippen molar-refractivity contribution in [2.75, 3.05) is 19.1 Å². The second-order valence-corrected chi connectivity index (χ2v) is 6.26. The largest absolute Gasteiger partial charge is 0.325 e. The maximum atomic E-state index is 9.19. The Morgan fingerprint density at radius 3 is 1.31 bits per heavy atom. The van der Waals surface area contributed by atoms with Gasteiger partial charge >= 0.3 is 0 Å². The van der Waals surface area contributed by atoms with Crippen LogP contribution in [0.25, 0.3) is 0 Å². The van der Waals surface area contributed by atoms with Gasteiger partial charge in [0.2, 0.25) is 0 Å². The van der Waals surface area contributed by atoms with Gasteiger partial charge in [-0.05, 0) is 6.92 Å². The molecule has 100 valence electrons. The van der Waals surface area contributed by atoms with Gasteiger partial charge in [-0.25, -0.2) is 0 Å². The van der Waals surface area contributed by atoms with Gasteiger partial charge in [0.15, 0.2) is 0 Å². The van der Waals surface area contributed by atoms with Crippen molar-refractivity contribution in [2.45, 2.75) is 19.0 Å². The van der Waals surface area contributed by atoms with Crippen LogP contribution in [-0.2, 0) is 20.2 Å². The van der Waals surface area contributed by atoms with Crippen LogP contribution in [-0.4, -0.2) is 57.1 Å². The van der Waals surface area contributed by atoms with Crippen LogP contribution in [0.15, 0.2) is 0 Å². The van der Waals surface area contributed by atoms with Crippen molar-refractivity contribution < 1.29 is 25.9 Å². The van der Waals surface area contributed by atoms with Gasteiger partial charge in [-0.1, -0.05) is 0 Å². The summed E-state index contributed by atoms with van der Waals surface area (Å²) >= 11 is 0. The van der Waals surface area contributed by atoms with Crippen LogP contribution in [0.1, 0.15) is 6.92 Å². The average molecular weight is 278 g/mol. The summed E-state index contributed by atoms with van der Waals surface area (Å²) in [6.45, 7) is 3.09. The van der Waals surface area contributed by atoms with Crippen LogP contribution in [0, 0.1) is 0 Å². The minimum absolute atomic E-state index is 0.421. The number of nitrogens with two attached hydrogens (primary N) is 1. The highest BCUT2D eigenvalue weighted by Crippen LogP contribution is 1.96. The second-order valence-electron chi connectivity index (χ2n) is 3.33. The number of hydrogen-bond donors (Lipinski definition) is 4. The van der Waals surface area contributed by atoms with Gasteiger partial charge in [0.1, 0.15) is 0 Å². The standard InChI is InChI=1S/C4H10N2.2CH4O3S/c1-3-4(5)2-6-3;2*1-5(2,3)4/h3-4,6H,2,5H2,1H3;2*1H3,(H,2,3,4)/t3-,4+;;/m0../s1. The molecule has 1 rings (SSSR count). The van der Waals surface area contributed by atoms with E-state index in [2.05, 4.69) is 12.2 Å². The highest BCUT2D eigenvalue weighted by molar-refractivity contribution is 7.85. The molecule has 2 atom stereocenters. The Balaban J connectivity index is 0. The molecule has 0 amide bonds. The molecule has 0 spiro atoms. The van der Waals surface area contributed by atoms with Crippen molar-refractivity contribution in [3.8, 4) is 0 Å². The average Bonchev–Trinajstić information content (AvgIpc) is 1.95. The minimum atomic E-state index is -3.67. The fraction of sp³-hybridized carbons (Fsp3) is 1.00. The first-order valence-corrected chi connectivity index (χ1v) is 7.84. The summed E-state index contributed by atoms with van der Waals surface area (Å²) in [6, 6.07) is 0.981. The van der Waals surface area contributed by atoms with Crippen LogP contribution < -0.4 is 11.1 Å². The number of nitrogens with one attached hydrogen (secondary N) is 1.